The lowest BCUT2D eigenvalue weighted by atomic mass is 10.1. The normalized spacial score (nSPS) is 10.8. The third-order valence-corrected chi connectivity index (χ3v) is 6.35. The van der Waals surface area contributed by atoms with Gasteiger partial charge in [0.2, 0.25) is 5.91 Å². The molecule has 188 valence electrons. The number of anilines is 2. The Bertz CT molecular complexity index is 1810. The van der Waals surface area contributed by atoms with Crippen molar-refractivity contribution >= 4 is 57.3 Å². The van der Waals surface area contributed by atoms with Crippen LogP contribution in [0.2, 0.25) is 10.0 Å². The number of aromatic nitrogens is 3. The van der Waals surface area contributed by atoms with Gasteiger partial charge in [-0.2, -0.15) is 5.26 Å². The lowest BCUT2D eigenvalue weighted by molar-refractivity contribution is -0.115. The molecule has 2 aromatic heterocycles. The Morgan fingerprint density at radius 3 is 2.55 bits per heavy atom. The third-order valence-electron chi connectivity index (χ3n) is 5.62. The first-order valence-corrected chi connectivity index (χ1v) is 11.8. The number of nitriles is 1. The van der Waals surface area contributed by atoms with Gasteiger partial charge in [-0.25, -0.2) is 4.79 Å². The molecule has 0 fully saturated rings. The molecule has 0 radical (unpaired) electrons. The summed E-state index contributed by atoms with van der Waals surface area (Å²) in [6.07, 6.45) is 0.0763. The van der Waals surface area contributed by atoms with E-state index < -0.39 is 11.7 Å². The lowest BCUT2D eigenvalue weighted by Crippen LogP contribution is -2.15. The predicted molar refractivity (Wildman–Crippen MR) is 142 cm³/mol. The molecule has 0 aliphatic carbocycles. The van der Waals surface area contributed by atoms with Crippen LogP contribution in [0.3, 0.4) is 0 Å². The number of nitrogens with one attached hydrogen (secondary N) is 4. The molecule has 0 unspecified atom stereocenters. The van der Waals surface area contributed by atoms with Crippen LogP contribution in [0.1, 0.15) is 21.6 Å². The lowest BCUT2D eigenvalue weighted by Gasteiger charge is -2.09. The van der Waals surface area contributed by atoms with Crippen molar-refractivity contribution in [2.45, 2.75) is 6.42 Å². The zero-order valence-electron chi connectivity index (χ0n) is 19.3. The van der Waals surface area contributed by atoms with Crippen LogP contribution in [0.15, 0.2) is 70.0 Å². The first-order valence-electron chi connectivity index (χ1n) is 11.1. The zero-order chi connectivity index (χ0) is 26.8. The molecule has 10 nitrogen and oxygen atoms in total. The summed E-state index contributed by atoms with van der Waals surface area (Å²) < 4.78 is 4.56. The average Bonchev–Trinajstić information content (AvgIpc) is 3.53. The van der Waals surface area contributed by atoms with Gasteiger partial charge >= 0.3 is 5.76 Å². The second kappa shape index (κ2) is 10.3. The molecule has 0 atom stereocenters. The Balaban J connectivity index is 1.38. The van der Waals surface area contributed by atoms with Crippen molar-refractivity contribution in [3.05, 3.63) is 98.1 Å². The number of rotatable bonds is 6. The maximum atomic E-state index is 13.1. The van der Waals surface area contributed by atoms with Crippen LogP contribution < -0.4 is 16.4 Å². The van der Waals surface area contributed by atoms with Crippen molar-refractivity contribution < 1.29 is 14.1 Å². The highest BCUT2D eigenvalue weighted by molar-refractivity contribution is 6.42. The molecule has 4 N–H and O–H groups in total. The largest absolute Gasteiger partial charge is 0.439 e. The van der Waals surface area contributed by atoms with Crippen LogP contribution in [0.4, 0.5) is 11.4 Å². The molecule has 0 spiro atoms. The van der Waals surface area contributed by atoms with Gasteiger partial charge in [0.05, 0.1) is 45.0 Å². The van der Waals surface area contributed by atoms with Gasteiger partial charge in [-0.05, 0) is 48.0 Å². The number of nitrogens with zero attached hydrogens (tertiary/aromatic N) is 2. The van der Waals surface area contributed by atoms with Crippen molar-refractivity contribution in [1.29, 1.82) is 5.26 Å². The molecule has 5 rings (SSSR count). The Kier molecular flexibility index (Phi) is 6.70. The topological polar surface area (TPSA) is 157 Å². The quantitative estimate of drug-likeness (QED) is 0.231. The molecule has 0 aliphatic heterocycles. The molecule has 2 heterocycles. The van der Waals surface area contributed by atoms with E-state index in [-0.39, 0.29) is 23.8 Å². The SMILES string of the molecule is N#Cc1ccc(NC(=O)c2cc3cccc(NC(=O)Cc4ccc(Cl)c(Cl)c4)c3[nH]2)c(-c2noc(=O)[nH]2)c1. The van der Waals surface area contributed by atoms with Gasteiger partial charge in [-0.3, -0.25) is 19.1 Å². The van der Waals surface area contributed by atoms with Crippen LogP contribution in [0, 0.1) is 11.3 Å². The van der Waals surface area contributed by atoms with Crippen molar-refractivity contribution in [1.82, 2.24) is 15.1 Å². The molecule has 38 heavy (non-hydrogen) atoms. The number of aromatic amines is 2. The molecule has 0 saturated carbocycles. The summed E-state index contributed by atoms with van der Waals surface area (Å²) in [6.45, 7) is 0. The smallest absolute Gasteiger partial charge is 0.349 e. The molecule has 0 saturated heterocycles. The van der Waals surface area contributed by atoms with Crippen LogP contribution in [0.25, 0.3) is 22.3 Å². The van der Waals surface area contributed by atoms with Gasteiger partial charge in [0.1, 0.15) is 5.69 Å². The molecule has 12 heteroatoms. The molecule has 0 aliphatic rings. The number of carbonyl (C=O) groups is 2. The summed E-state index contributed by atoms with van der Waals surface area (Å²) in [5, 5.41) is 20.0. The number of carbonyl (C=O) groups excluding carboxylic acids is 2. The maximum Gasteiger partial charge on any atom is 0.439 e. The van der Waals surface area contributed by atoms with Crippen LogP contribution >= 0.6 is 23.2 Å². The van der Waals surface area contributed by atoms with Gasteiger partial charge in [0, 0.05) is 10.9 Å². The number of para-hydroxylation sites is 1. The summed E-state index contributed by atoms with van der Waals surface area (Å²) in [5.41, 5.74) is 2.86. The van der Waals surface area contributed by atoms with E-state index in [1.54, 1.807) is 42.5 Å². The van der Waals surface area contributed by atoms with Gasteiger partial charge in [0.25, 0.3) is 5.91 Å². The fourth-order valence-electron chi connectivity index (χ4n) is 3.87. The fourth-order valence-corrected chi connectivity index (χ4v) is 4.19. The average molecular weight is 547 g/mol. The van der Waals surface area contributed by atoms with E-state index in [0.717, 1.165) is 0 Å². The molecule has 2 amide bonds. The van der Waals surface area contributed by atoms with E-state index in [9.17, 15) is 19.6 Å². The van der Waals surface area contributed by atoms with Crippen molar-refractivity contribution in [3.8, 4) is 17.5 Å². The fraction of sp³-hybridized carbons (Fsp3) is 0.0385. The van der Waals surface area contributed by atoms with E-state index in [1.165, 1.54) is 18.2 Å². The first-order chi connectivity index (χ1) is 18.3. The van der Waals surface area contributed by atoms with E-state index in [2.05, 4.69) is 30.3 Å². The minimum absolute atomic E-state index is 0.0611. The van der Waals surface area contributed by atoms with Crippen LogP contribution in [0.5, 0.6) is 0 Å². The van der Waals surface area contributed by atoms with Crippen molar-refractivity contribution in [3.63, 3.8) is 0 Å². The predicted octanol–water partition coefficient (Wildman–Crippen LogP) is 5.12. The van der Waals surface area contributed by atoms with Crippen molar-refractivity contribution in [2.75, 3.05) is 10.6 Å². The highest BCUT2D eigenvalue weighted by Crippen LogP contribution is 2.28. The third kappa shape index (κ3) is 5.15. The summed E-state index contributed by atoms with van der Waals surface area (Å²) in [4.78, 5) is 42.7. The van der Waals surface area contributed by atoms with E-state index in [4.69, 9.17) is 23.2 Å². The minimum atomic E-state index is -0.774. The summed E-state index contributed by atoms with van der Waals surface area (Å²) in [7, 11) is 0. The minimum Gasteiger partial charge on any atom is -0.349 e. The molecule has 3 aromatic carbocycles. The van der Waals surface area contributed by atoms with E-state index in [1.807, 2.05) is 6.07 Å². The standard InChI is InChI=1S/C26H16Cl2N6O4/c27-17-6-4-13(9-18(17)28)10-22(35)30-20-3-1-2-15-11-21(31-23(15)20)25(36)32-19-7-5-14(12-29)8-16(19)24-33-26(37)38-34-24/h1-9,11,31H,10H2,(H,30,35)(H,32,36)(H,33,34,37). The number of halogens is 2. The Hall–Kier alpha value is -4.85. The van der Waals surface area contributed by atoms with E-state index in [0.29, 0.717) is 49.0 Å². The summed E-state index contributed by atoms with van der Waals surface area (Å²) in [5.74, 6) is -1.48. The highest BCUT2D eigenvalue weighted by atomic mass is 35.5. The van der Waals surface area contributed by atoms with Gasteiger partial charge < -0.3 is 15.6 Å². The van der Waals surface area contributed by atoms with Crippen LogP contribution in [-0.4, -0.2) is 26.9 Å². The first kappa shape index (κ1) is 24.8. The van der Waals surface area contributed by atoms with E-state index >= 15 is 0 Å². The molecule has 5 aromatic rings. The second-order valence-corrected chi connectivity index (χ2v) is 9.01. The monoisotopic (exact) mass is 546 g/mol. The van der Waals surface area contributed by atoms with Crippen LogP contribution in [-0.2, 0) is 11.2 Å². The number of amides is 2. The van der Waals surface area contributed by atoms with Gasteiger partial charge in [-0.1, -0.05) is 46.6 Å². The highest BCUT2D eigenvalue weighted by Gasteiger charge is 2.17. The number of H-pyrrole nitrogens is 2. The number of hydrogen-bond donors (Lipinski definition) is 4. The Morgan fingerprint density at radius 1 is 0.974 bits per heavy atom. The summed E-state index contributed by atoms with van der Waals surface area (Å²) >= 11 is 12.0. The van der Waals surface area contributed by atoms with Gasteiger partial charge in [-0.15, -0.1) is 0 Å². The number of fused-ring (bicyclic) bond motifs is 1. The maximum absolute atomic E-state index is 13.1. The molecular formula is C26H16Cl2N6O4. The van der Waals surface area contributed by atoms with Gasteiger partial charge in [0.15, 0.2) is 5.82 Å². The molecular weight excluding hydrogens is 531 g/mol. The molecule has 0 bridgehead atoms. The van der Waals surface area contributed by atoms with Crippen molar-refractivity contribution in [2.24, 2.45) is 0 Å². The number of benzene rings is 3. The summed E-state index contributed by atoms with van der Waals surface area (Å²) in [6, 6.07) is 18.4. The Morgan fingerprint density at radius 2 is 1.82 bits per heavy atom. The zero-order valence-corrected chi connectivity index (χ0v) is 20.8. The Labute approximate surface area is 224 Å². The second-order valence-electron chi connectivity index (χ2n) is 8.20. The number of hydrogen-bond acceptors (Lipinski definition) is 6.